The van der Waals surface area contributed by atoms with Crippen LogP contribution in [-0.4, -0.2) is 35.4 Å². The average Bonchev–Trinajstić information content (AvgIpc) is 3.23. The number of ether oxygens (including phenoxy) is 1. The smallest absolute Gasteiger partial charge is 0.350 e. The van der Waals surface area contributed by atoms with Gasteiger partial charge in [-0.15, -0.1) is 22.7 Å². The van der Waals surface area contributed by atoms with Gasteiger partial charge in [-0.25, -0.2) is 18.2 Å². The first-order valence-corrected chi connectivity index (χ1v) is 10.6. The number of nitrogens with one attached hydrogen (secondary N) is 1. The maximum atomic E-state index is 12.2. The van der Waals surface area contributed by atoms with Gasteiger partial charge in [-0.3, -0.25) is 9.40 Å². The van der Waals surface area contributed by atoms with E-state index in [0.29, 0.717) is 5.69 Å². The van der Waals surface area contributed by atoms with Crippen molar-refractivity contribution in [1.82, 2.24) is 14.8 Å². The fourth-order valence-electron chi connectivity index (χ4n) is 1.99. The monoisotopic (exact) mass is 398 g/mol. The number of hydrogen-bond acceptors (Lipinski definition) is 8. The molecule has 0 radical (unpaired) electrons. The van der Waals surface area contributed by atoms with Crippen molar-refractivity contribution < 1.29 is 17.9 Å². The van der Waals surface area contributed by atoms with Crippen molar-refractivity contribution in [1.29, 1.82) is 0 Å². The molecular weight excluding hydrogens is 384 g/mol. The summed E-state index contributed by atoms with van der Waals surface area (Å²) in [5.74, 6) is -0.600. The molecule has 0 aromatic carbocycles. The number of anilines is 1. The Hall–Kier alpha value is -2.24. The summed E-state index contributed by atoms with van der Waals surface area (Å²) in [6.45, 7) is 0.00576. The summed E-state index contributed by atoms with van der Waals surface area (Å²) in [5.41, 5.74) is 1.72. The Balaban J connectivity index is 1.65. The van der Waals surface area contributed by atoms with Crippen molar-refractivity contribution in [2.45, 2.75) is 6.61 Å². The molecule has 0 saturated carbocycles. The molecule has 0 aliphatic heterocycles. The number of carbonyl (C=O) groups is 1. The summed E-state index contributed by atoms with van der Waals surface area (Å²) in [6.07, 6.45) is 4.59. The van der Waals surface area contributed by atoms with Crippen molar-refractivity contribution in [3.8, 4) is 10.6 Å². The molecule has 132 valence electrons. The summed E-state index contributed by atoms with van der Waals surface area (Å²) >= 11 is 2.54. The van der Waals surface area contributed by atoms with Crippen molar-refractivity contribution >= 4 is 44.4 Å². The second kappa shape index (κ2) is 6.94. The Morgan fingerprint density at radius 3 is 2.88 bits per heavy atom. The fraction of sp³-hybridized carbons (Fsp3) is 0.214. The molecule has 0 aliphatic carbocycles. The number of sulfonamides is 1. The Labute approximate surface area is 152 Å². The van der Waals surface area contributed by atoms with Crippen LogP contribution in [0, 0.1) is 0 Å². The number of thiazole rings is 1. The van der Waals surface area contributed by atoms with Gasteiger partial charge in [0.05, 0.1) is 23.8 Å². The number of aromatic nitrogens is 3. The van der Waals surface area contributed by atoms with Crippen LogP contribution in [-0.2, 0) is 28.4 Å². The molecule has 0 amide bonds. The van der Waals surface area contributed by atoms with Crippen molar-refractivity contribution in [3.05, 3.63) is 39.8 Å². The van der Waals surface area contributed by atoms with Crippen LogP contribution in [0.3, 0.4) is 0 Å². The van der Waals surface area contributed by atoms with Gasteiger partial charge in [-0.1, -0.05) is 0 Å². The molecule has 0 bridgehead atoms. The highest BCUT2D eigenvalue weighted by atomic mass is 32.2. The summed E-state index contributed by atoms with van der Waals surface area (Å²) < 4.78 is 31.9. The van der Waals surface area contributed by atoms with Crippen LogP contribution < -0.4 is 4.72 Å². The third-order valence-corrected chi connectivity index (χ3v) is 5.43. The predicted octanol–water partition coefficient (Wildman–Crippen LogP) is 2.33. The first-order valence-electron chi connectivity index (χ1n) is 6.97. The van der Waals surface area contributed by atoms with Gasteiger partial charge in [-0.05, 0) is 11.4 Å². The van der Waals surface area contributed by atoms with E-state index in [9.17, 15) is 13.2 Å². The van der Waals surface area contributed by atoms with Crippen molar-refractivity contribution in [2.24, 2.45) is 7.05 Å². The van der Waals surface area contributed by atoms with E-state index in [2.05, 4.69) is 14.8 Å². The van der Waals surface area contributed by atoms with Crippen LogP contribution in [0.1, 0.15) is 15.4 Å². The summed E-state index contributed by atoms with van der Waals surface area (Å²) in [7, 11) is -1.64. The standard InChI is InChI=1S/C14H14N4O4S3/c1-18-6-9(5-15-18)13-16-10(8-24-13)7-22-14(19)12-11(3-4-23-12)17-25(2,20)21/h3-6,8,17H,7H2,1-2H3. The Kier molecular flexibility index (Phi) is 4.88. The normalized spacial score (nSPS) is 11.4. The molecule has 0 spiro atoms. The van der Waals surface area contributed by atoms with Crippen molar-refractivity contribution in [3.63, 3.8) is 0 Å². The van der Waals surface area contributed by atoms with E-state index in [1.54, 1.807) is 21.6 Å². The van der Waals surface area contributed by atoms with Gasteiger partial charge in [0, 0.05) is 24.2 Å². The second-order valence-electron chi connectivity index (χ2n) is 5.16. The molecule has 0 saturated heterocycles. The maximum Gasteiger partial charge on any atom is 0.350 e. The van der Waals surface area contributed by atoms with Gasteiger partial charge in [0.25, 0.3) is 0 Å². The molecular formula is C14H14N4O4S3. The van der Waals surface area contributed by atoms with Crippen LogP contribution >= 0.6 is 22.7 Å². The van der Waals surface area contributed by atoms with Gasteiger partial charge >= 0.3 is 5.97 Å². The summed E-state index contributed by atoms with van der Waals surface area (Å²) in [4.78, 5) is 16.8. The third kappa shape index (κ3) is 4.44. The lowest BCUT2D eigenvalue weighted by Crippen LogP contribution is -2.12. The maximum absolute atomic E-state index is 12.2. The highest BCUT2D eigenvalue weighted by Gasteiger charge is 2.18. The van der Waals surface area contributed by atoms with Gasteiger partial charge in [0.2, 0.25) is 10.0 Å². The Morgan fingerprint density at radius 1 is 1.40 bits per heavy atom. The topological polar surface area (TPSA) is 103 Å². The number of aryl methyl sites for hydroxylation is 1. The molecule has 3 heterocycles. The first kappa shape index (κ1) is 17.6. The highest BCUT2D eigenvalue weighted by Crippen LogP contribution is 2.26. The minimum absolute atomic E-state index is 0.00576. The largest absolute Gasteiger partial charge is 0.455 e. The summed E-state index contributed by atoms with van der Waals surface area (Å²) in [5, 5.41) is 8.30. The van der Waals surface area contributed by atoms with Crippen LogP contribution in [0.2, 0.25) is 0 Å². The zero-order chi connectivity index (χ0) is 18.0. The first-order chi connectivity index (χ1) is 11.8. The molecule has 25 heavy (non-hydrogen) atoms. The second-order valence-corrected chi connectivity index (χ2v) is 8.68. The molecule has 3 aromatic rings. The number of rotatable bonds is 6. The number of esters is 1. The van der Waals surface area contributed by atoms with Gasteiger partial charge in [0.1, 0.15) is 16.5 Å². The lowest BCUT2D eigenvalue weighted by molar-refractivity contribution is 0.0475. The average molecular weight is 398 g/mol. The quantitative estimate of drug-likeness (QED) is 0.639. The summed E-state index contributed by atoms with van der Waals surface area (Å²) in [6, 6.07) is 1.52. The molecule has 0 fully saturated rings. The molecule has 0 atom stereocenters. The van der Waals surface area contributed by atoms with Crippen LogP contribution in [0.15, 0.2) is 29.2 Å². The zero-order valence-corrected chi connectivity index (χ0v) is 15.7. The molecule has 1 N–H and O–H groups in total. The minimum atomic E-state index is -3.47. The van der Waals surface area contributed by atoms with Gasteiger partial charge in [0.15, 0.2) is 0 Å². The fourth-order valence-corrected chi connectivity index (χ4v) is 4.15. The predicted molar refractivity (Wildman–Crippen MR) is 96.2 cm³/mol. The number of carbonyl (C=O) groups excluding carboxylic acids is 1. The van der Waals surface area contributed by atoms with E-state index >= 15 is 0 Å². The number of nitrogens with zero attached hydrogens (tertiary/aromatic N) is 3. The number of thiophene rings is 1. The SMILES string of the molecule is Cn1cc(-c2nc(COC(=O)c3sccc3NS(C)(=O)=O)cs2)cn1. The van der Waals surface area contributed by atoms with Crippen molar-refractivity contribution in [2.75, 3.05) is 11.0 Å². The lowest BCUT2D eigenvalue weighted by Gasteiger charge is -2.05. The minimum Gasteiger partial charge on any atom is -0.455 e. The number of hydrogen-bond donors (Lipinski definition) is 1. The van der Waals surface area contributed by atoms with Gasteiger partial charge in [-0.2, -0.15) is 5.10 Å². The van der Waals surface area contributed by atoms with E-state index in [-0.39, 0.29) is 17.2 Å². The van der Waals surface area contributed by atoms with Crippen LogP contribution in [0.4, 0.5) is 5.69 Å². The Morgan fingerprint density at radius 2 is 2.20 bits per heavy atom. The molecule has 3 aromatic heterocycles. The lowest BCUT2D eigenvalue weighted by atomic mass is 10.4. The molecule has 3 rings (SSSR count). The zero-order valence-electron chi connectivity index (χ0n) is 13.3. The van der Waals surface area contributed by atoms with Crippen LogP contribution in [0.25, 0.3) is 10.6 Å². The van der Waals surface area contributed by atoms with E-state index in [0.717, 1.165) is 28.2 Å². The highest BCUT2D eigenvalue weighted by molar-refractivity contribution is 7.92. The van der Waals surface area contributed by atoms with E-state index < -0.39 is 16.0 Å². The van der Waals surface area contributed by atoms with E-state index in [1.165, 1.54) is 17.4 Å². The van der Waals surface area contributed by atoms with E-state index in [1.807, 2.05) is 13.2 Å². The molecule has 0 aliphatic rings. The van der Waals surface area contributed by atoms with Crippen LogP contribution in [0.5, 0.6) is 0 Å². The van der Waals surface area contributed by atoms with E-state index in [4.69, 9.17) is 4.74 Å². The molecule has 0 unspecified atom stereocenters. The molecule has 11 heteroatoms. The van der Waals surface area contributed by atoms with Gasteiger partial charge < -0.3 is 4.74 Å². The third-order valence-electron chi connectivity index (χ3n) is 3.00. The molecule has 8 nitrogen and oxygen atoms in total. The Bertz CT molecular complexity index is 1000.